The van der Waals surface area contributed by atoms with E-state index in [1.54, 1.807) is 0 Å². The maximum atomic E-state index is 12.8. The van der Waals surface area contributed by atoms with E-state index in [2.05, 4.69) is 0 Å². The number of benzene rings is 1. The van der Waals surface area contributed by atoms with Gasteiger partial charge in [-0.1, -0.05) is 23.2 Å². The maximum absolute atomic E-state index is 12.8. The molecule has 2 aromatic rings. The van der Waals surface area contributed by atoms with Crippen LogP contribution in [0.5, 0.6) is 0 Å². The molecule has 128 valence electrons. The molecule has 0 amide bonds. The second-order valence-corrected chi connectivity index (χ2v) is 5.37. The van der Waals surface area contributed by atoms with E-state index in [4.69, 9.17) is 23.2 Å². The third kappa shape index (κ3) is 3.02. The lowest BCUT2D eigenvalue weighted by Crippen LogP contribution is -2.40. The number of halogens is 5. The van der Waals surface area contributed by atoms with Gasteiger partial charge < -0.3 is 0 Å². The van der Waals surface area contributed by atoms with Gasteiger partial charge in [0.1, 0.15) is 10.7 Å². The summed E-state index contributed by atoms with van der Waals surface area (Å²) in [5, 5.41) is 10.2. The molecule has 0 radical (unpaired) electrons. The van der Waals surface area contributed by atoms with Gasteiger partial charge in [-0.2, -0.15) is 13.2 Å². The van der Waals surface area contributed by atoms with Crippen LogP contribution in [0.2, 0.25) is 10.0 Å². The molecule has 0 aliphatic heterocycles. The fourth-order valence-corrected chi connectivity index (χ4v) is 2.49. The van der Waals surface area contributed by atoms with Crippen LogP contribution in [-0.2, 0) is 13.2 Å². The fraction of sp³-hybridized carbons (Fsp3) is 0.167. The zero-order valence-electron chi connectivity index (χ0n) is 11.6. The maximum Gasteiger partial charge on any atom is 0.431 e. The van der Waals surface area contributed by atoms with Gasteiger partial charge in [0, 0.05) is 19.2 Å². The molecule has 0 N–H and O–H groups in total. The second-order valence-electron chi connectivity index (χ2n) is 4.55. The van der Waals surface area contributed by atoms with Crippen LogP contribution in [0.15, 0.2) is 27.8 Å². The van der Waals surface area contributed by atoms with Crippen molar-refractivity contribution in [2.24, 2.45) is 7.05 Å². The first-order chi connectivity index (χ1) is 10.9. The van der Waals surface area contributed by atoms with E-state index in [0.717, 1.165) is 19.2 Å². The van der Waals surface area contributed by atoms with Crippen molar-refractivity contribution in [2.45, 2.75) is 6.18 Å². The molecule has 2 rings (SSSR count). The van der Waals surface area contributed by atoms with Gasteiger partial charge in [0.15, 0.2) is 0 Å². The Morgan fingerprint density at radius 2 is 1.71 bits per heavy atom. The molecule has 0 aliphatic carbocycles. The first kappa shape index (κ1) is 18.0. The standard InChI is InChI=1S/C12H6Cl2F3N3O4/c1-18-9(12(15,16)17)4-10(21)19(11(18)22)7-3-8(20(23)24)6(14)2-5(7)13/h2-4H,1H3. The summed E-state index contributed by atoms with van der Waals surface area (Å²) in [5.41, 5.74) is -5.29. The molecule has 0 saturated heterocycles. The summed E-state index contributed by atoms with van der Waals surface area (Å²) in [7, 11) is 0.805. The van der Waals surface area contributed by atoms with Crippen molar-refractivity contribution in [3.8, 4) is 5.69 Å². The minimum atomic E-state index is -4.93. The van der Waals surface area contributed by atoms with E-state index in [9.17, 15) is 32.9 Å². The molecule has 1 heterocycles. The number of hydrogen-bond acceptors (Lipinski definition) is 4. The third-order valence-corrected chi connectivity index (χ3v) is 3.67. The normalized spacial score (nSPS) is 11.6. The molecule has 0 fully saturated rings. The Kier molecular flexibility index (Phi) is 4.46. The molecule has 0 atom stereocenters. The van der Waals surface area contributed by atoms with Crippen molar-refractivity contribution < 1.29 is 18.1 Å². The van der Waals surface area contributed by atoms with Gasteiger partial charge in [0.05, 0.1) is 15.6 Å². The highest BCUT2D eigenvalue weighted by atomic mass is 35.5. The molecule has 0 saturated carbocycles. The van der Waals surface area contributed by atoms with Crippen LogP contribution in [0.4, 0.5) is 18.9 Å². The lowest BCUT2D eigenvalue weighted by atomic mass is 10.2. The molecular formula is C12H6Cl2F3N3O4. The van der Waals surface area contributed by atoms with Crippen LogP contribution in [-0.4, -0.2) is 14.1 Å². The SMILES string of the molecule is Cn1c(C(F)(F)F)cc(=O)n(-c2cc([N+](=O)[O-])c(Cl)cc2Cl)c1=O. The summed E-state index contributed by atoms with van der Waals surface area (Å²) in [5.74, 6) is 0. The molecule has 24 heavy (non-hydrogen) atoms. The summed E-state index contributed by atoms with van der Waals surface area (Å²) < 4.78 is 38.9. The highest BCUT2D eigenvalue weighted by molar-refractivity contribution is 6.37. The Morgan fingerprint density at radius 3 is 2.21 bits per heavy atom. The third-order valence-electron chi connectivity index (χ3n) is 3.06. The van der Waals surface area contributed by atoms with Crippen LogP contribution < -0.4 is 11.2 Å². The first-order valence-corrected chi connectivity index (χ1v) is 6.75. The number of nitrogens with zero attached hydrogens (tertiary/aromatic N) is 3. The van der Waals surface area contributed by atoms with Crippen LogP contribution in [0.1, 0.15) is 5.69 Å². The van der Waals surface area contributed by atoms with Crippen molar-refractivity contribution in [2.75, 3.05) is 0 Å². The molecule has 1 aromatic heterocycles. The van der Waals surface area contributed by atoms with Crippen molar-refractivity contribution in [1.29, 1.82) is 0 Å². The average molecular weight is 384 g/mol. The molecule has 7 nitrogen and oxygen atoms in total. The van der Waals surface area contributed by atoms with Gasteiger partial charge in [-0.25, -0.2) is 9.36 Å². The fourth-order valence-electron chi connectivity index (χ4n) is 1.96. The number of hydrogen-bond donors (Lipinski definition) is 0. The summed E-state index contributed by atoms with van der Waals surface area (Å²) >= 11 is 11.5. The zero-order chi connectivity index (χ0) is 18.4. The Balaban J connectivity index is 2.88. The van der Waals surface area contributed by atoms with E-state index in [0.29, 0.717) is 4.57 Å². The lowest BCUT2D eigenvalue weighted by molar-refractivity contribution is -0.384. The van der Waals surface area contributed by atoms with Crippen LogP contribution in [0.3, 0.4) is 0 Å². The van der Waals surface area contributed by atoms with E-state index in [1.165, 1.54) is 0 Å². The van der Waals surface area contributed by atoms with Gasteiger partial charge in [0.2, 0.25) is 0 Å². The number of nitro groups is 1. The van der Waals surface area contributed by atoms with Crippen molar-refractivity contribution in [3.63, 3.8) is 0 Å². The highest BCUT2D eigenvalue weighted by Gasteiger charge is 2.35. The smallest absolute Gasteiger partial charge is 0.292 e. The minimum absolute atomic E-state index is 0.193. The lowest BCUT2D eigenvalue weighted by Gasteiger charge is -2.14. The number of alkyl halides is 3. The Hall–Kier alpha value is -2.33. The van der Waals surface area contributed by atoms with E-state index >= 15 is 0 Å². The van der Waals surface area contributed by atoms with Gasteiger partial charge in [-0.05, 0) is 6.07 Å². The summed E-state index contributed by atoms with van der Waals surface area (Å²) in [6.45, 7) is 0. The van der Waals surface area contributed by atoms with Gasteiger partial charge in [0.25, 0.3) is 11.2 Å². The average Bonchev–Trinajstić information content (AvgIpc) is 2.43. The van der Waals surface area contributed by atoms with Gasteiger partial charge >= 0.3 is 11.9 Å². The summed E-state index contributed by atoms with van der Waals surface area (Å²) in [4.78, 5) is 34.1. The van der Waals surface area contributed by atoms with E-state index in [-0.39, 0.29) is 20.7 Å². The topological polar surface area (TPSA) is 87.1 Å². The van der Waals surface area contributed by atoms with Crippen molar-refractivity contribution >= 4 is 28.9 Å². The largest absolute Gasteiger partial charge is 0.431 e. The van der Waals surface area contributed by atoms with Crippen LogP contribution in [0, 0.1) is 10.1 Å². The molecular weight excluding hydrogens is 378 g/mol. The quantitative estimate of drug-likeness (QED) is 0.589. The van der Waals surface area contributed by atoms with Crippen molar-refractivity contribution in [3.05, 3.63) is 64.9 Å². The number of aromatic nitrogens is 2. The number of nitro benzene ring substituents is 1. The first-order valence-electron chi connectivity index (χ1n) is 5.99. The minimum Gasteiger partial charge on any atom is -0.292 e. The Bertz CT molecular complexity index is 966. The molecule has 1 aromatic carbocycles. The zero-order valence-corrected chi connectivity index (χ0v) is 13.1. The summed E-state index contributed by atoms with van der Waals surface area (Å²) in [6, 6.07) is 1.85. The molecule has 0 unspecified atom stereocenters. The van der Waals surface area contributed by atoms with E-state index < -0.39 is 39.4 Å². The highest BCUT2D eigenvalue weighted by Crippen LogP contribution is 2.32. The molecule has 0 aliphatic rings. The Morgan fingerprint density at radius 1 is 1.12 bits per heavy atom. The second kappa shape index (κ2) is 5.95. The predicted molar refractivity (Wildman–Crippen MR) is 79.0 cm³/mol. The predicted octanol–water partition coefficient (Wildman–Crippen LogP) is 2.77. The molecule has 0 spiro atoms. The molecule has 12 heteroatoms. The van der Waals surface area contributed by atoms with Gasteiger partial charge in [-0.3, -0.25) is 19.5 Å². The van der Waals surface area contributed by atoms with Crippen LogP contribution in [0.25, 0.3) is 5.69 Å². The number of rotatable bonds is 2. The van der Waals surface area contributed by atoms with Gasteiger partial charge in [-0.15, -0.1) is 0 Å². The summed E-state index contributed by atoms with van der Waals surface area (Å²) in [6.07, 6.45) is -4.93. The van der Waals surface area contributed by atoms with Crippen molar-refractivity contribution in [1.82, 2.24) is 9.13 Å². The monoisotopic (exact) mass is 383 g/mol. The van der Waals surface area contributed by atoms with E-state index in [1.807, 2.05) is 0 Å². The Labute approximate surface area is 140 Å². The van der Waals surface area contributed by atoms with Crippen LogP contribution >= 0.6 is 23.2 Å². The molecule has 0 bridgehead atoms.